The zero-order valence-electron chi connectivity index (χ0n) is 17.7. The highest BCUT2D eigenvalue weighted by molar-refractivity contribution is 14.0. The van der Waals surface area contributed by atoms with E-state index < -0.39 is 0 Å². The van der Waals surface area contributed by atoms with E-state index in [1.165, 1.54) is 10.6 Å². The highest BCUT2D eigenvalue weighted by atomic mass is 127. The van der Waals surface area contributed by atoms with Gasteiger partial charge in [-0.3, -0.25) is 0 Å². The van der Waals surface area contributed by atoms with Gasteiger partial charge in [0.15, 0.2) is 5.96 Å². The molecular weight excluding hydrogens is 497 g/mol. The molecular formula is C21H32IN5OS. The molecule has 0 aliphatic carbocycles. The van der Waals surface area contributed by atoms with E-state index >= 15 is 0 Å². The second-order valence-electron chi connectivity index (χ2n) is 7.07. The van der Waals surface area contributed by atoms with Gasteiger partial charge in [-0.2, -0.15) is 0 Å². The average Bonchev–Trinajstić information content (AvgIpc) is 3.03. The van der Waals surface area contributed by atoms with Crippen LogP contribution >= 0.6 is 35.3 Å². The van der Waals surface area contributed by atoms with Crippen molar-refractivity contribution in [1.82, 2.24) is 15.6 Å². The number of nitrogens with one attached hydrogen (secondary N) is 2. The van der Waals surface area contributed by atoms with Gasteiger partial charge in [-0.25, -0.2) is 9.98 Å². The van der Waals surface area contributed by atoms with Gasteiger partial charge in [0, 0.05) is 42.3 Å². The first-order chi connectivity index (χ1) is 13.6. The molecule has 1 atom stereocenters. The zero-order chi connectivity index (χ0) is 19.9. The third kappa shape index (κ3) is 6.74. The zero-order valence-corrected chi connectivity index (χ0v) is 20.8. The fraction of sp³-hybridized carbons (Fsp3) is 0.524. The molecule has 0 bridgehead atoms. The van der Waals surface area contributed by atoms with E-state index in [0.29, 0.717) is 12.6 Å². The Hall–Kier alpha value is -1.55. The van der Waals surface area contributed by atoms with Gasteiger partial charge in [-0.15, -0.1) is 35.3 Å². The molecule has 2 heterocycles. The second-order valence-corrected chi connectivity index (χ2v) is 8.36. The summed E-state index contributed by atoms with van der Waals surface area (Å²) in [6.07, 6.45) is 2.30. The van der Waals surface area contributed by atoms with Crippen molar-refractivity contribution in [3.8, 4) is 5.75 Å². The number of aryl methyl sites for hydroxylation is 2. The maximum absolute atomic E-state index is 5.38. The highest BCUT2D eigenvalue weighted by Gasteiger charge is 2.21. The van der Waals surface area contributed by atoms with E-state index in [2.05, 4.69) is 52.6 Å². The van der Waals surface area contributed by atoms with Crippen molar-refractivity contribution in [2.45, 2.75) is 46.2 Å². The van der Waals surface area contributed by atoms with Gasteiger partial charge in [0.25, 0.3) is 0 Å². The second kappa shape index (κ2) is 11.6. The minimum atomic E-state index is 0. The Morgan fingerprint density at radius 3 is 2.90 bits per heavy atom. The number of ether oxygens (including phenoxy) is 1. The van der Waals surface area contributed by atoms with Crippen LogP contribution in [-0.2, 0) is 6.54 Å². The van der Waals surface area contributed by atoms with Crippen LogP contribution < -0.4 is 20.3 Å². The van der Waals surface area contributed by atoms with Crippen LogP contribution in [0.3, 0.4) is 0 Å². The predicted molar refractivity (Wildman–Crippen MR) is 133 cm³/mol. The molecule has 0 spiro atoms. The molecule has 0 radical (unpaired) electrons. The third-order valence-electron chi connectivity index (χ3n) is 4.91. The first-order valence-electron chi connectivity index (χ1n) is 9.95. The Labute approximate surface area is 195 Å². The molecule has 29 heavy (non-hydrogen) atoms. The lowest BCUT2D eigenvalue weighted by molar-refractivity contribution is 0.414. The van der Waals surface area contributed by atoms with E-state index in [1.807, 2.05) is 13.0 Å². The SMILES string of the molecule is CCNC(=NCc1sc(C)nc1C)NC1CCCN(c2cccc(OC)c2)C1.I. The molecule has 160 valence electrons. The molecule has 2 aromatic rings. The number of anilines is 1. The molecule has 8 heteroatoms. The van der Waals surface area contributed by atoms with Crippen LogP contribution in [0.25, 0.3) is 0 Å². The van der Waals surface area contributed by atoms with Crippen molar-refractivity contribution in [2.24, 2.45) is 4.99 Å². The molecule has 1 unspecified atom stereocenters. The summed E-state index contributed by atoms with van der Waals surface area (Å²) < 4.78 is 5.38. The number of nitrogens with zero attached hydrogens (tertiary/aromatic N) is 3. The molecule has 3 rings (SSSR count). The number of thiazole rings is 1. The number of methoxy groups -OCH3 is 1. The lowest BCUT2D eigenvalue weighted by atomic mass is 10.0. The van der Waals surface area contributed by atoms with Crippen LogP contribution in [0.5, 0.6) is 5.75 Å². The standard InChI is InChI=1S/C21H31N5OS.HI/c1-5-22-21(23-13-20-15(2)24-16(3)28-20)25-17-8-7-11-26(14-17)18-9-6-10-19(12-18)27-4;/h6,9-10,12,17H,5,7-8,11,13-14H2,1-4H3,(H2,22,23,25);1H. The van der Waals surface area contributed by atoms with Crippen molar-refractivity contribution in [3.63, 3.8) is 0 Å². The lowest BCUT2D eigenvalue weighted by Crippen LogP contribution is -2.51. The van der Waals surface area contributed by atoms with Crippen molar-refractivity contribution < 1.29 is 4.74 Å². The van der Waals surface area contributed by atoms with Gasteiger partial charge in [0.05, 0.1) is 24.4 Å². The normalized spacial score (nSPS) is 16.9. The number of aliphatic imine (C=N–C) groups is 1. The summed E-state index contributed by atoms with van der Waals surface area (Å²) in [6, 6.07) is 8.66. The van der Waals surface area contributed by atoms with E-state index in [9.17, 15) is 0 Å². The number of hydrogen-bond donors (Lipinski definition) is 2. The molecule has 6 nitrogen and oxygen atoms in total. The summed E-state index contributed by atoms with van der Waals surface area (Å²) in [6.45, 7) is 9.74. The fourth-order valence-corrected chi connectivity index (χ4v) is 4.38. The number of piperidine rings is 1. The average molecular weight is 529 g/mol. The van der Waals surface area contributed by atoms with E-state index in [-0.39, 0.29) is 24.0 Å². The molecule has 1 aliphatic heterocycles. The minimum absolute atomic E-state index is 0. The maximum Gasteiger partial charge on any atom is 0.191 e. The Morgan fingerprint density at radius 2 is 2.21 bits per heavy atom. The van der Waals surface area contributed by atoms with Crippen LogP contribution in [0.1, 0.15) is 35.3 Å². The monoisotopic (exact) mass is 529 g/mol. The van der Waals surface area contributed by atoms with Gasteiger partial charge in [0.1, 0.15) is 5.75 Å². The number of hydrogen-bond acceptors (Lipinski definition) is 5. The number of rotatable bonds is 6. The van der Waals surface area contributed by atoms with Gasteiger partial charge < -0.3 is 20.3 Å². The largest absolute Gasteiger partial charge is 0.497 e. The van der Waals surface area contributed by atoms with Gasteiger partial charge >= 0.3 is 0 Å². The predicted octanol–water partition coefficient (Wildman–Crippen LogP) is 4.11. The first kappa shape index (κ1) is 23.7. The molecule has 2 N–H and O–H groups in total. The Kier molecular flexibility index (Phi) is 9.48. The first-order valence-corrected chi connectivity index (χ1v) is 10.8. The summed E-state index contributed by atoms with van der Waals surface area (Å²) in [5, 5.41) is 8.11. The Balaban J connectivity index is 0.00000300. The van der Waals surface area contributed by atoms with Gasteiger partial charge in [-0.1, -0.05) is 6.07 Å². The molecule has 0 amide bonds. The number of guanidine groups is 1. The van der Waals surface area contributed by atoms with Crippen LogP contribution in [0.15, 0.2) is 29.3 Å². The van der Waals surface area contributed by atoms with Gasteiger partial charge in [-0.05, 0) is 45.7 Å². The Morgan fingerprint density at radius 1 is 1.38 bits per heavy atom. The summed E-state index contributed by atoms with van der Waals surface area (Å²) in [4.78, 5) is 13.0. The van der Waals surface area contributed by atoms with Crippen molar-refractivity contribution in [3.05, 3.63) is 39.8 Å². The molecule has 1 saturated heterocycles. The maximum atomic E-state index is 5.38. The Bertz CT molecular complexity index is 810. The summed E-state index contributed by atoms with van der Waals surface area (Å²) in [5.74, 6) is 1.78. The molecule has 0 saturated carbocycles. The topological polar surface area (TPSA) is 61.8 Å². The van der Waals surface area contributed by atoms with E-state index in [0.717, 1.165) is 54.9 Å². The molecule has 1 aliphatic rings. The minimum Gasteiger partial charge on any atom is -0.497 e. The quantitative estimate of drug-likeness (QED) is 0.335. The van der Waals surface area contributed by atoms with Crippen molar-refractivity contribution >= 4 is 47.0 Å². The van der Waals surface area contributed by atoms with E-state index in [4.69, 9.17) is 9.73 Å². The summed E-state index contributed by atoms with van der Waals surface area (Å²) in [7, 11) is 1.71. The summed E-state index contributed by atoms with van der Waals surface area (Å²) in [5.41, 5.74) is 2.30. The van der Waals surface area contributed by atoms with Gasteiger partial charge in [0.2, 0.25) is 0 Å². The molecule has 1 aromatic carbocycles. The molecule has 1 fully saturated rings. The number of aromatic nitrogens is 1. The van der Waals surface area contributed by atoms with Crippen molar-refractivity contribution in [1.29, 1.82) is 0 Å². The third-order valence-corrected chi connectivity index (χ3v) is 5.96. The fourth-order valence-electron chi connectivity index (χ4n) is 3.52. The van der Waals surface area contributed by atoms with Crippen LogP contribution in [-0.4, -0.2) is 43.7 Å². The lowest BCUT2D eigenvalue weighted by Gasteiger charge is -2.35. The summed E-state index contributed by atoms with van der Waals surface area (Å²) >= 11 is 1.73. The van der Waals surface area contributed by atoms with Crippen LogP contribution in [0.4, 0.5) is 5.69 Å². The smallest absolute Gasteiger partial charge is 0.191 e. The highest BCUT2D eigenvalue weighted by Crippen LogP contribution is 2.24. The number of halogens is 1. The van der Waals surface area contributed by atoms with Crippen LogP contribution in [0.2, 0.25) is 0 Å². The molecule has 1 aromatic heterocycles. The van der Waals surface area contributed by atoms with Crippen molar-refractivity contribution in [2.75, 3.05) is 31.6 Å². The van der Waals surface area contributed by atoms with E-state index in [1.54, 1.807) is 18.4 Å². The van der Waals surface area contributed by atoms with Crippen LogP contribution in [0, 0.1) is 13.8 Å². The number of benzene rings is 1.